The van der Waals surface area contributed by atoms with E-state index in [-0.39, 0.29) is 30.0 Å². The van der Waals surface area contributed by atoms with E-state index in [1.165, 1.54) is 42.3 Å². The molecule has 9 heteroatoms. The first-order chi connectivity index (χ1) is 13.2. The van der Waals surface area contributed by atoms with Gasteiger partial charge >= 0.3 is 12.5 Å². The number of amides is 2. The third kappa shape index (κ3) is 6.19. The number of benzene rings is 2. The molecular weight excluding hydrogens is 377 g/mol. The predicted molar refractivity (Wildman–Crippen MR) is 96.0 cm³/mol. The fraction of sp³-hybridized carbons (Fsp3) is 0.263. The number of ether oxygens (including phenoxy) is 2. The minimum absolute atomic E-state index is 0.0966. The lowest BCUT2D eigenvalue weighted by Crippen LogP contribution is -2.27. The van der Waals surface area contributed by atoms with Crippen LogP contribution in [-0.4, -0.2) is 36.9 Å². The van der Waals surface area contributed by atoms with Crippen molar-refractivity contribution in [1.82, 2.24) is 4.90 Å². The third-order valence-electron chi connectivity index (χ3n) is 3.58. The van der Waals surface area contributed by atoms with Gasteiger partial charge in [-0.05, 0) is 31.2 Å². The summed E-state index contributed by atoms with van der Waals surface area (Å²) in [6, 6.07) is 11.7. The molecule has 28 heavy (non-hydrogen) atoms. The highest BCUT2D eigenvalue weighted by Gasteiger charge is 2.32. The van der Waals surface area contributed by atoms with Gasteiger partial charge < -0.3 is 14.4 Å². The molecule has 0 fully saturated rings. The molecule has 0 atom stereocenters. The molecule has 0 saturated heterocycles. The largest absolute Gasteiger partial charge is 0.573 e. The molecule has 0 bridgehead atoms. The number of carbonyl (C=O) groups excluding carboxylic acids is 2. The van der Waals surface area contributed by atoms with E-state index in [1.54, 1.807) is 25.1 Å². The van der Waals surface area contributed by atoms with Crippen molar-refractivity contribution in [3.8, 4) is 5.75 Å². The zero-order chi connectivity index (χ0) is 20.7. The van der Waals surface area contributed by atoms with Gasteiger partial charge in [-0.15, -0.1) is 13.2 Å². The molecule has 2 rings (SSSR count). The molecule has 0 aliphatic heterocycles. The Bertz CT molecular complexity index is 840. The molecule has 2 aromatic rings. The van der Waals surface area contributed by atoms with E-state index in [0.29, 0.717) is 5.69 Å². The van der Waals surface area contributed by atoms with Crippen molar-refractivity contribution < 1.29 is 32.2 Å². The number of carbonyl (C=O) groups is 2. The average Bonchev–Trinajstić information content (AvgIpc) is 2.62. The Balaban J connectivity index is 2.12. The first-order valence-corrected chi connectivity index (χ1v) is 8.32. The number of rotatable bonds is 6. The normalized spacial score (nSPS) is 10.9. The van der Waals surface area contributed by atoms with Crippen LogP contribution >= 0.6 is 0 Å². The summed E-state index contributed by atoms with van der Waals surface area (Å²) in [5.41, 5.74) is 0.820. The second-order valence-electron chi connectivity index (χ2n) is 5.74. The number of para-hydroxylation sites is 1. The van der Waals surface area contributed by atoms with Crippen LogP contribution in [0.4, 0.5) is 23.7 Å². The maximum atomic E-state index is 12.6. The number of nitrogens with one attached hydrogen (secondary N) is 1. The molecular formula is C19H19F3N2O4. The summed E-state index contributed by atoms with van der Waals surface area (Å²) in [6.07, 6.45) is -5.48. The van der Waals surface area contributed by atoms with Crippen molar-refractivity contribution in [3.05, 3.63) is 59.7 Å². The number of halogens is 3. The zero-order valence-corrected chi connectivity index (χ0v) is 15.2. The molecule has 1 N–H and O–H groups in total. The van der Waals surface area contributed by atoms with Crippen LogP contribution in [0.1, 0.15) is 22.8 Å². The van der Waals surface area contributed by atoms with E-state index in [9.17, 15) is 22.8 Å². The highest BCUT2D eigenvalue weighted by Crippen LogP contribution is 2.27. The molecule has 2 amide bonds. The Morgan fingerprint density at radius 3 is 2.50 bits per heavy atom. The third-order valence-corrected chi connectivity index (χ3v) is 3.58. The van der Waals surface area contributed by atoms with E-state index in [4.69, 9.17) is 4.74 Å². The quantitative estimate of drug-likeness (QED) is 0.785. The van der Waals surface area contributed by atoms with Crippen LogP contribution in [0.25, 0.3) is 0 Å². The van der Waals surface area contributed by atoms with Gasteiger partial charge in [0.1, 0.15) is 5.75 Å². The fourth-order valence-electron chi connectivity index (χ4n) is 2.42. The Hall–Kier alpha value is -3.23. The van der Waals surface area contributed by atoms with Gasteiger partial charge in [-0.25, -0.2) is 4.79 Å². The van der Waals surface area contributed by atoms with Crippen molar-refractivity contribution in [1.29, 1.82) is 0 Å². The summed E-state index contributed by atoms with van der Waals surface area (Å²) in [7, 11) is 1.46. The van der Waals surface area contributed by atoms with Crippen LogP contribution in [0, 0.1) is 0 Å². The molecule has 0 heterocycles. The Kier molecular flexibility index (Phi) is 6.86. The molecule has 2 aromatic carbocycles. The first-order valence-electron chi connectivity index (χ1n) is 8.32. The van der Waals surface area contributed by atoms with Crippen molar-refractivity contribution in [2.24, 2.45) is 0 Å². The summed E-state index contributed by atoms with van der Waals surface area (Å²) in [5.74, 6) is -0.804. The van der Waals surface area contributed by atoms with Crippen LogP contribution in [0.2, 0.25) is 0 Å². The summed E-state index contributed by atoms with van der Waals surface area (Å²) >= 11 is 0. The van der Waals surface area contributed by atoms with Gasteiger partial charge in [0.15, 0.2) is 0 Å². The summed E-state index contributed by atoms with van der Waals surface area (Å²) < 4.78 is 46.4. The van der Waals surface area contributed by atoms with Crippen molar-refractivity contribution in [3.63, 3.8) is 0 Å². The number of hydrogen-bond acceptors (Lipinski definition) is 4. The topological polar surface area (TPSA) is 67.9 Å². The van der Waals surface area contributed by atoms with E-state index in [0.717, 1.165) is 0 Å². The van der Waals surface area contributed by atoms with E-state index >= 15 is 0 Å². The Morgan fingerprint density at radius 1 is 1.11 bits per heavy atom. The molecule has 0 unspecified atom stereocenters. The molecule has 0 radical (unpaired) electrons. The van der Waals surface area contributed by atoms with Gasteiger partial charge in [-0.1, -0.05) is 24.3 Å². The maximum absolute atomic E-state index is 12.6. The van der Waals surface area contributed by atoms with Crippen LogP contribution in [0.3, 0.4) is 0 Å². The van der Waals surface area contributed by atoms with Gasteiger partial charge in [0, 0.05) is 30.4 Å². The lowest BCUT2D eigenvalue weighted by Gasteiger charge is -2.20. The number of alkyl halides is 3. The summed E-state index contributed by atoms with van der Waals surface area (Å²) in [5, 5.41) is 2.48. The van der Waals surface area contributed by atoms with Crippen molar-refractivity contribution in [2.45, 2.75) is 19.8 Å². The van der Waals surface area contributed by atoms with E-state index in [2.05, 4.69) is 10.1 Å². The average molecular weight is 396 g/mol. The first kappa shape index (κ1) is 21.1. The SMILES string of the molecule is CCOC(=O)Nc1cccc(C(=O)N(C)Cc2ccccc2OC(F)(F)F)c1. The Morgan fingerprint density at radius 2 is 1.82 bits per heavy atom. The van der Waals surface area contributed by atoms with Crippen molar-refractivity contribution in [2.75, 3.05) is 19.0 Å². The number of hydrogen-bond donors (Lipinski definition) is 1. The monoisotopic (exact) mass is 396 g/mol. The predicted octanol–water partition coefficient (Wildman–Crippen LogP) is 4.43. The van der Waals surface area contributed by atoms with Crippen molar-refractivity contribution >= 4 is 17.7 Å². The second kappa shape index (κ2) is 9.12. The molecule has 0 aromatic heterocycles. The molecule has 0 saturated carbocycles. The smallest absolute Gasteiger partial charge is 0.450 e. The lowest BCUT2D eigenvalue weighted by atomic mass is 10.1. The van der Waals surface area contributed by atoms with E-state index in [1.807, 2.05) is 0 Å². The minimum Gasteiger partial charge on any atom is -0.450 e. The molecule has 6 nitrogen and oxygen atoms in total. The van der Waals surface area contributed by atoms with Gasteiger partial charge in [-0.2, -0.15) is 0 Å². The zero-order valence-electron chi connectivity index (χ0n) is 15.2. The van der Waals surface area contributed by atoms with Crippen LogP contribution in [-0.2, 0) is 11.3 Å². The van der Waals surface area contributed by atoms with Gasteiger partial charge in [0.2, 0.25) is 0 Å². The van der Waals surface area contributed by atoms with Crippen LogP contribution in [0.5, 0.6) is 5.75 Å². The number of nitrogens with zero attached hydrogens (tertiary/aromatic N) is 1. The molecule has 0 spiro atoms. The number of anilines is 1. The molecule has 0 aliphatic carbocycles. The summed E-state index contributed by atoms with van der Waals surface area (Å²) in [4.78, 5) is 25.4. The van der Waals surface area contributed by atoms with Gasteiger partial charge in [0.05, 0.1) is 6.61 Å². The highest BCUT2D eigenvalue weighted by molar-refractivity contribution is 5.96. The fourth-order valence-corrected chi connectivity index (χ4v) is 2.42. The van der Waals surface area contributed by atoms with Gasteiger partial charge in [0.25, 0.3) is 5.91 Å². The minimum atomic E-state index is -4.83. The molecule has 0 aliphatic rings. The Labute approximate surface area is 159 Å². The standard InChI is InChI=1S/C19H19F3N2O4/c1-3-27-18(26)23-15-9-6-8-13(11-15)17(25)24(2)12-14-7-4-5-10-16(14)28-19(20,21)22/h4-11H,3,12H2,1-2H3,(H,23,26). The highest BCUT2D eigenvalue weighted by atomic mass is 19.4. The van der Waals surface area contributed by atoms with E-state index < -0.39 is 18.4 Å². The maximum Gasteiger partial charge on any atom is 0.573 e. The second-order valence-corrected chi connectivity index (χ2v) is 5.74. The van der Waals surface area contributed by atoms with Crippen LogP contribution in [0.15, 0.2) is 48.5 Å². The molecule has 150 valence electrons. The van der Waals surface area contributed by atoms with Crippen LogP contribution < -0.4 is 10.1 Å². The summed E-state index contributed by atoms with van der Waals surface area (Å²) in [6.45, 7) is 1.77. The van der Waals surface area contributed by atoms with Gasteiger partial charge in [-0.3, -0.25) is 10.1 Å². The lowest BCUT2D eigenvalue weighted by molar-refractivity contribution is -0.275.